The average Bonchev–Trinajstić information content (AvgIpc) is 2.83. The molecule has 0 spiro atoms. The first-order valence-corrected chi connectivity index (χ1v) is 7.24. The summed E-state index contributed by atoms with van der Waals surface area (Å²) in [6, 6.07) is 6.44. The molecule has 94 valence electrons. The molecule has 0 atom stereocenters. The number of aryl methyl sites for hydroxylation is 1. The second-order valence-corrected chi connectivity index (χ2v) is 5.57. The van der Waals surface area contributed by atoms with E-state index in [1.165, 1.54) is 48.1 Å². The fourth-order valence-corrected chi connectivity index (χ4v) is 2.72. The maximum atomic E-state index is 3.65. The molecular formula is C14H21BrN2. The summed E-state index contributed by atoms with van der Waals surface area (Å²) < 4.78 is 1.24. The van der Waals surface area contributed by atoms with E-state index in [4.69, 9.17) is 0 Å². The van der Waals surface area contributed by atoms with Crippen LogP contribution in [0.25, 0.3) is 0 Å². The Morgan fingerprint density at radius 1 is 1.29 bits per heavy atom. The maximum absolute atomic E-state index is 3.65. The molecule has 1 fully saturated rings. The van der Waals surface area contributed by atoms with E-state index in [9.17, 15) is 0 Å². The number of hydrogen-bond donors (Lipinski definition) is 1. The predicted octanol–water partition coefficient (Wildman–Crippen LogP) is 2.94. The van der Waals surface area contributed by atoms with Crippen molar-refractivity contribution in [3.63, 3.8) is 0 Å². The van der Waals surface area contributed by atoms with E-state index in [-0.39, 0.29) is 0 Å². The van der Waals surface area contributed by atoms with Gasteiger partial charge in [0.15, 0.2) is 0 Å². The van der Waals surface area contributed by atoms with E-state index in [2.05, 4.69) is 51.3 Å². The summed E-state index contributed by atoms with van der Waals surface area (Å²) in [7, 11) is 0. The molecule has 0 unspecified atom stereocenters. The Morgan fingerprint density at radius 3 is 2.82 bits per heavy atom. The molecule has 0 radical (unpaired) electrons. The lowest BCUT2D eigenvalue weighted by Gasteiger charge is -2.15. The third kappa shape index (κ3) is 3.80. The van der Waals surface area contributed by atoms with Crippen LogP contribution in [0, 0.1) is 6.92 Å². The fourth-order valence-electron chi connectivity index (χ4n) is 2.31. The number of nitrogens with zero attached hydrogens (tertiary/aromatic N) is 1. The molecule has 1 saturated heterocycles. The van der Waals surface area contributed by atoms with E-state index >= 15 is 0 Å². The second-order valence-electron chi connectivity index (χ2n) is 4.77. The van der Waals surface area contributed by atoms with Gasteiger partial charge in [-0.15, -0.1) is 0 Å². The van der Waals surface area contributed by atoms with Crippen molar-refractivity contribution in [3.8, 4) is 0 Å². The van der Waals surface area contributed by atoms with Gasteiger partial charge in [-0.25, -0.2) is 0 Å². The summed E-state index contributed by atoms with van der Waals surface area (Å²) in [6.07, 6.45) is 2.76. The highest BCUT2D eigenvalue weighted by Gasteiger charge is 2.10. The molecule has 17 heavy (non-hydrogen) atoms. The zero-order chi connectivity index (χ0) is 12.1. The Bertz CT molecular complexity index is 359. The van der Waals surface area contributed by atoms with Crippen LogP contribution in [0.2, 0.25) is 0 Å². The van der Waals surface area contributed by atoms with E-state index in [1.807, 2.05) is 0 Å². The van der Waals surface area contributed by atoms with Crippen molar-refractivity contribution in [2.24, 2.45) is 0 Å². The average molecular weight is 297 g/mol. The largest absolute Gasteiger partial charge is 0.311 e. The molecule has 1 N–H and O–H groups in total. The lowest BCUT2D eigenvalue weighted by molar-refractivity contribution is 0.335. The van der Waals surface area contributed by atoms with Gasteiger partial charge in [-0.05, 0) is 44.0 Å². The summed E-state index contributed by atoms with van der Waals surface area (Å²) in [6.45, 7) is 7.93. The van der Waals surface area contributed by atoms with Crippen LogP contribution in [0.15, 0.2) is 22.7 Å². The number of halogens is 1. The van der Waals surface area contributed by atoms with Crippen LogP contribution >= 0.6 is 15.9 Å². The summed E-state index contributed by atoms with van der Waals surface area (Å²) in [5.74, 6) is 0. The fraction of sp³-hybridized carbons (Fsp3) is 0.571. The van der Waals surface area contributed by atoms with Crippen LogP contribution in [0.1, 0.15) is 24.0 Å². The number of benzene rings is 1. The van der Waals surface area contributed by atoms with Gasteiger partial charge in [-0.1, -0.05) is 34.1 Å². The first-order chi connectivity index (χ1) is 8.27. The van der Waals surface area contributed by atoms with Crippen molar-refractivity contribution < 1.29 is 0 Å². The molecule has 1 aromatic rings. The standard InChI is InChI=1S/C14H21BrN2/c1-12-5-4-6-13(14(12)15)11-16-7-10-17-8-2-3-9-17/h4-6,16H,2-3,7-11H2,1H3. The minimum Gasteiger partial charge on any atom is -0.311 e. The molecule has 1 aliphatic rings. The van der Waals surface area contributed by atoms with Gasteiger partial charge in [-0.2, -0.15) is 0 Å². The first-order valence-electron chi connectivity index (χ1n) is 6.44. The highest BCUT2D eigenvalue weighted by molar-refractivity contribution is 9.10. The van der Waals surface area contributed by atoms with Crippen molar-refractivity contribution in [1.82, 2.24) is 10.2 Å². The summed E-state index contributed by atoms with van der Waals surface area (Å²) in [5.41, 5.74) is 2.66. The van der Waals surface area contributed by atoms with Gasteiger partial charge in [-0.3, -0.25) is 0 Å². The van der Waals surface area contributed by atoms with Gasteiger partial charge in [0, 0.05) is 24.1 Å². The van der Waals surface area contributed by atoms with E-state index in [1.54, 1.807) is 0 Å². The van der Waals surface area contributed by atoms with Gasteiger partial charge < -0.3 is 10.2 Å². The van der Waals surface area contributed by atoms with Gasteiger partial charge in [0.2, 0.25) is 0 Å². The Labute approximate surface area is 113 Å². The third-order valence-corrected chi connectivity index (χ3v) is 4.53. The number of hydrogen-bond acceptors (Lipinski definition) is 2. The molecular weight excluding hydrogens is 276 g/mol. The van der Waals surface area contributed by atoms with Gasteiger partial charge in [0.1, 0.15) is 0 Å². The molecule has 2 rings (SSSR count). The molecule has 0 aliphatic carbocycles. The van der Waals surface area contributed by atoms with Crippen LogP contribution < -0.4 is 5.32 Å². The Kier molecular flexibility index (Phi) is 5.01. The first kappa shape index (κ1) is 13.1. The zero-order valence-corrected chi connectivity index (χ0v) is 12.1. The van der Waals surface area contributed by atoms with Gasteiger partial charge in [0.25, 0.3) is 0 Å². The van der Waals surface area contributed by atoms with Crippen LogP contribution in [0.4, 0.5) is 0 Å². The highest BCUT2D eigenvalue weighted by Crippen LogP contribution is 2.20. The van der Waals surface area contributed by atoms with Crippen molar-refractivity contribution in [2.75, 3.05) is 26.2 Å². The zero-order valence-electron chi connectivity index (χ0n) is 10.5. The lowest BCUT2D eigenvalue weighted by Crippen LogP contribution is -2.29. The molecule has 0 amide bonds. The molecule has 1 aromatic carbocycles. The summed E-state index contributed by atoms with van der Waals surface area (Å²) >= 11 is 3.65. The highest BCUT2D eigenvalue weighted by atomic mass is 79.9. The van der Waals surface area contributed by atoms with E-state index in [0.717, 1.165) is 13.1 Å². The number of nitrogens with one attached hydrogen (secondary N) is 1. The molecule has 3 heteroatoms. The van der Waals surface area contributed by atoms with E-state index < -0.39 is 0 Å². The van der Waals surface area contributed by atoms with Crippen molar-refractivity contribution in [3.05, 3.63) is 33.8 Å². The van der Waals surface area contributed by atoms with Crippen molar-refractivity contribution in [2.45, 2.75) is 26.3 Å². The van der Waals surface area contributed by atoms with E-state index in [0.29, 0.717) is 0 Å². The lowest BCUT2D eigenvalue weighted by atomic mass is 10.1. The Hall–Kier alpha value is -0.380. The maximum Gasteiger partial charge on any atom is 0.0249 e. The normalized spacial score (nSPS) is 16.6. The van der Waals surface area contributed by atoms with Gasteiger partial charge >= 0.3 is 0 Å². The van der Waals surface area contributed by atoms with Crippen LogP contribution in [-0.4, -0.2) is 31.1 Å². The predicted molar refractivity (Wildman–Crippen MR) is 76.3 cm³/mol. The molecule has 1 heterocycles. The number of likely N-dealkylation sites (tertiary alicyclic amines) is 1. The smallest absolute Gasteiger partial charge is 0.0249 e. The second kappa shape index (κ2) is 6.53. The quantitative estimate of drug-likeness (QED) is 0.841. The monoisotopic (exact) mass is 296 g/mol. The van der Waals surface area contributed by atoms with Crippen molar-refractivity contribution in [1.29, 1.82) is 0 Å². The van der Waals surface area contributed by atoms with Crippen LogP contribution in [-0.2, 0) is 6.54 Å². The van der Waals surface area contributed by atoms with Crippen LogP contribution in [0.3, 0.4) is 0 Å². The summed E-state index contributed by atoms with van der Waals surface area (Å²) in [4.78, 5) is 2.54. The number of rotatable bonds is 5. The third-order valence-electron chi connectivity index (χ3n) is 3.39. The molecule has 0 bridgehead atoms. The topological polar surface area (TPSA) is 15.3 Å². The summed E-state index contributed by atoms with van der Waals surface area (Å²) in [5, 5.41) is 3.52. The molecule has 2 nitrogen and oxygen atoms in total. The molecule has 0 aromatic heterocycles. The van der Waals surface area contributed by atoms with Crippen LogP contribution in [0.5, 0.6) is 0 Å². The SMILES string of the molecule is Cc1cccc(CNCCN2CCCC2)c1Br. The molecule has 0 saturated carbocycles. The van der Waals surface area contributed by atoms with Crippen molar-refractivity contribution >= 4 is 15.9 Å². The Morgan fingerprint density at radius 2 is 2.06 bits per heavy atom. The molecule has 1 aliphatic heterocycles. The van der Waals surface area contributed by atoms with Gasteiger partial charge in [0.05, 0.1) is 0 Å². The minimum atomic E-state index is 0.954. The Balaban J connectivity index is 1.72. The minimum absolute atomic E-state index is 0.954.